The number of hydrogen-bond donors (Lipinski definition) is 1. The van der Waals surface area contributed by atoms with Crippen molar-refractivity contribution in [3.63, 3.8) is 0 Å². The fourth-order valence-corrected chi connectivity index (χ4v) is 1.46. The van der Waals surface area contributed by atoms with E-state index in [0.717, 1.165) is 11.1 Å². The van der Waals surface area contributed by atoms with Crippen molar-refractivity contribution in [3.8, 4) is 0 Å². The Balaban J connectivity index is 0.00000180. The maximum absolute atomic E-state index is 5.78. The molecule has 0 atom stereocenters. The summed E-state index contributed by atoms with van der Waals surface area (Å²) in [4.78, 5) is 9.08. The summed E-state index contributed by atoms with van der Waals surface area (Å²) in [6.07, 6.45) is 3.30. The van der Waals surface area contributed by atoms with E-state index in [0.29, 0.717) is 17.5 Å². The Morgan fingerprint density at radius 2 is 1.79 bits per heavy atom. The zero-order chi connectivity index (χ0) is 12.8. The van der Waals surface area contributed by atoms with Crippen LogP contribution in [0.15, 0.2) is 53.9 Å². The molecule has 2 N–H and O–H groups in total. The summed E-state index contributed by atoms with van der Waals surface area (Å²) in [5, 5.41) is 4.54. The Kier molecular flexibility index (Phi) is 6.12. The van der Waals surface area contributed by atoms with E-state index in [1.807, 2.05) is 12.1 Å². The molecule has 0 saturated carbocycles. The highest BCUT2D eigenvalue weighted by molar-refractivity contribution is 6.30. The van der Waals surface area contributed by atoms with Crippen molar-refractivity contribution >= 4 is 29.8 Å². The van der Waals surface area contributed by atoms with Crippen LogP contribution in [0.4, 0.5) is 0 Å². The van der Waals surface area contributed by atoms with Crippen LogP contribution in [0.2, 0.25) is 5.02 Å². The first-order valence-corrected chi connectivity index (χ1v) is 5.74. The van der Waals surface area contributed by atoms with Crippen molar-refractivity contribution in [2.24, 2.45) is 10.9 Å². The van der Waals surface area contributed by atoms with Crippen LogP contribution in [0.1, 0.15) is 11.1 Å². The number of aromatic nitrogens is 1. The number of pyridine rings is 1. The Hall–Kier alpha value is -1.78. The molecule has 0 unspecified atom stereocenters. The number of oxime groups is 1. The van der Waals surface area contributed by atoms with Gasteiger partial charge < -0.3 is 10.6 Å². The maximum Gasteiger partial charge on any atom is 0.170 e. The van der Waals surface area contributed by atoms with E-state index in [9.17, 15) is 0 Å². The van der Waals surface area contributed by atoms with E-state index in [1.54, 1.807) is 36.7 Å². The van der Waals surface area contributed by atoms with E-state index in [4.69, 9.17) is 22.2 Å². The van der Waals surface area contributed by atoms with E-state index in [1.165, 1.54) is 0 Å². The number of hydrogen-bond acceptors (Lipinski definition) is 3. The number of amidine groups is 1. The summed E-state index contributed by atoms with van der Waals surface area (Å²) >= 11 is 5.78. The normalized spacial score (nSPS) is 10.7. The molecule has 1 aromatic carbocycles. The molecule has 6 heteroatoms. The molecule has 0 aliphatic carbocycles. The number of rotatable bonds is 4. The fourth-order valence-electron chi connectivity index (χ4n) is 1.33. The average Bonchev–Trinajstić information content (AvgIpc) is 2.42. The zero-order valence-corrected chi connectivity index (χ0v) is 11.6. The predicted octanol–water partition coefficient (Wildman–Crippen LogP) is 2.99. The average molecular weight is 298 g/mol. The molecule has 0 spiro atoms. The fraction of sp³-hybridized carbons (Fsp3) is 0.0769. The lowest BCUT2D eigenvalue weighted by molar-refractivity contribution is 0.130. The van der Waals surface area contributed by atoms with Crippen LogP contribution in [-0.4, -0.2) is 10.8 Å². The van der Waals surface area contributed by atoms with E-state index < -0.39 is 0 Å². The summed E-state index contributed by atoms with van der Waals surface area (Å²) in [6.45, 7) is 0.350. The molecule has 1 heterocycles. The van der Waals surface area contributed by atoms with Crippen molar-refractivity contribution in [2.45, 2.75) is 6.61 Å². The van der Waals surface area contributed by atoms with E-state index >= 15 is 0 Å². The Morgan fingerprint density at radius 3 is 2.42 bits per heavy atom. The molecular formula is C13H13Cl2N3O. The van der Waals surface area contributed by atoms with Gasteiger partial charge in [0.15, 0.2) is 5.84 Å². The maximum atomic E-state index is 5.78. The van der Waals surface area contributed by atoms with Crippen LogP contribution < -0.4 is 5.73 Å². The van der Waals surface area contributed by atoms with Crippen LogP contribution in [0.3, 0.4) is 0 Å². The number of halogens is 2. The zero-order valence-electron chi connectivity index (χ0n) is 9.99. The SMILES string of the molecule is Cl.NC(=NOCc1ccc(Cl)cc1)c1ccncc1. The standard InChI is InChI=1S/C13H12ClN3O.ClH/c14-12-3-1-10(2-4-12)9-18-17-13(15)11-5-7-16-8-6-11;/h1-8H,9H2,(H2,15,17);1H. The van der Waals surface area contributed by atoms with Crippen molar-refractivity contribution in [2.75, 3.05) is 0 Å². The summed E-state index contributed by atoms with van der Waals surface area (Å²) in [7, 11) is 0. The van der Waals surface area contributed by atoms with Crippen LogP contribution in [0.5, 0.6) is 0 Å². The molecule has 0 fully saturated rings. The lowest BCUT2D eigenvalue weighted by Gasteiger charge is -2.02. The quantitative estimate of drug-likeness (QED) is 0.536. The highest BCUT2D eigenvalue weighted by Crippen LogP contribution is 2.10. The van der Waals surface area contributed by atoms with Gasteiger partial charge in [0.2, 0.25) is 0 Å². The second kappa shape index (κ2) is 7.61. The lowest BCUT2D eigenvalue weighted by Crippen LogP contribution is -2.13. The van der Waals surface area contributed by atoms with Crippen LogP contribution in [0, 0.1) is 0 Å². The third kappa shape index (κ3) is 4.77. The molecule has 0 amide bonds. The second-order valence-electron chi connectivity index (χ2n) is 3.61. The number of nitrogens with two attached hydrogens (primary N) is 1. The van der Waals surface area contributed by atoms with Crippen LogP contribution in [-0.2, 0) is 11.4 Å². The summed E-state index contributed by atoms with van der Waals surface area (Å²) in [6, 6.07) is 10.9. The first kappa shape index (κ1) is 15.3. The molecular weight excluding hydrogens is 285 g/mol. The van der Waals surface area contributed by atoms with Gasteiger partial charge in [-0.2, -0.15) is 0 Å². The Morgan fingerprint density at radius 1 is 1.16 bits per heavy atom. The first-order chi connectivity index (χ1) is 8.75. The Labute approximate surface area is 122 Å². The van der Waals surface area contributed by atoms with Gasteiger partial charge in [-0.1, -0.05) is 28.9 Å². The minimum atomic E-state index is 0. The molecule has 19 heavy (non-hydrogen) atoms. The number of benzene rings is 1. The van der Waals surface area contributed by atoms with Gasteiger partial charge in [-0.15, -0.1) is 12.4 Å². The van der Waals surface area contributed by atoms with Gasteiger partial charge in [-0.3, -0.25) is 4.98 Å². The molecule has 2 aromatic rings. The van der Waals surface area contributed by atoms with Gasteiger partial charge in [0.25, 0.3) is 0 Å². The molecule has 1 aromatic heterocycles. The van der Waals surface area contributed by atoms with Crippen molar-refractivity contribution < 1.29 is 4.84 Å². The molecule has 0 bridgehead atoms. The van der Waals surface area contributed by atoms with Gasteiger partial charge in [-0.05, 0) is 29.8 Å². The summed E-state index contributed by atoms with van der Waals surface area (Å²) in [5.41, 5.74) is 7.52. The summed E-state index contributed by atoms with van der Waals surface area (Å²) in [5.74, 6) is 0.325. The van der Waals surface area contributed by atoms with Gasteiger partial charge in [0.05, 0.1) is 0 Å². The molecule has 4 nitrogen and oxygen atoms in total. The van der Waals surface area contributed by atoms with Crippen molar-refractivity contribution in [1.29, 1.82) is 0 Å². The van der Waals surface area contributed by atoms with E-state index in [-0.39, 0.29) is 12.4 Å². The molecule has 0 saturated heterocycles. The van der Waals surface area contributed by atoms with Gasteiger partial charge in [0, 0.05) is 23.0 Å². The minimum absolute atomic E-state index is 0. The van der Waals surface area contributed by atoms with Crippen molar-refractivity contribution in [1.82, 2.24) is 4.98 Å². The number of nitrogens with zero attached hydrogens (tertiary/aromatic N) is 2. The topological polar surface area (TPSA) is 60.5 Å². The lowest BCUT2D eigenvalue weighted by atomic mass is 10.2. The molecule has 0 aliphatic heterocycles. The third-order valence-corrected chi connectivity index (χ3v) is 2.54. The first-order valence-electron chi connectivity index (χ1n) is 5.36. The monoisotopic (exact) mass is 297 g/mol. The van der Waals surface area contributed by atoms with E-state index in [2.05, 4.69) is 10.1 Å². The Bertz CT molecular complexity index is 529. The highest BCUT2D eigenvalue weighted by atomic mass is 35.5. The van der Waals surface area contributed by atoms with Crippen LogP contribution in [0.25, 0.3) is 0 Å². The third-order valence-electron chi connectivity index (χ3n) is 2.28. The molecule has 100 valence electrons. The summed E-state index contributed by atoms with van der Waals surface area (Å²) < 4.78 is 0. The molecule has 0 radical (unpaired) electrons. The molecule has 2 rings (SSSR count). The van der Waals surface area contributed by atoms with Crippen molar-refractivity contribution in [3.05, 3.63) is 64.9 Å². The van der Waals surface area contributed by atoms with Gasteiger partial charge in [0.1, 0.15) is 6.61 Å². The van der Waals surface area contributed by atoms with Gasteiger partial charge in [-0.25, -0.2) is 0 Å². The molecule has 0 aliphatic rings. The minimum Gasteiger partial charge on any atom is -0.389 e. The highest BCUT2D eigenvalue weighted by Gasteiger charge is 1.98. The largest absolute Gasteiger partial charge is 0.389 e. The predicted molar refractivity (Wildman–Crippen MR) is 78.5 cm³/mol. The van der Waals surface area contributed by atoms with Crippen LogP contribution >= 0.6 is 24.0 Å². The second-order valence-corrected chi connectivity index (χ2v) is 4.05. The smallest absolute Gasteiger partial charge is 0.170 e. The van der Waals surface area contributed by atoms with Gasteiger partial charge >= 0.3 is 0 Å².